The van der Waals surface area contributed by atoms with Crippen LogP contribution in [0.3, 0.4) is 0 Å². The Morgan fingerprint density at radius 1 is 1.24 bits per heavy atom. The zero-order chi connectivity index (χ0) is 12.1. The van der Waals surface area contributed by atoms with Gasteiger partial charge in [0.15, 0.2) is 0 Å². The van der Waals surface area contributed by atoms with Crippen LogP contribution in [0.15, 0.2) is 36.5 Å². The number of hydrogen-bond acceptors (Lipinski definition) is 3. The van der Waals surface area contributed by atoms with Crippen LogP contribution in [0.25, 0.3) is 0 Å². The minimum Gasteiger partial charge on any atom is -0.273 e. The van der Waals surface area contributed by atoms with Crippen LogP contribution in [0.1, 0.15) is 0 Å². The molecule has 3 aliphatic carbocycles. The molecule has 1 saturated heterocycles. The summed E-state index contributed by atoms with van der Waals surface area (Å²) in [5.74, 6) is -0.681. The lowest BCUT2D eigenvalue weighted by molar-refractivity contribution is -0.126. The first kappa shape index (κ1) is 9.91. The maximum Gasteiger partial charge on any atom is 0.324 e. The summed E-state index contributed by atoms with van der Waals surface area (Å²) in [5, 5.41) is 0. The molecule has 88 valence electrons. The molecule has 1 amide bonds. The Hall–Kier alpha value is -1.07. The van der Waals surface area contributed by atoms with Crippen LogP contribution in [0, 0.1) is 16.7 Å². The van der Waals surface area contributed by atoms with Gasteiger partial charge < -0.3 is 0 Å². The fourth-order valence-corrected chi connectivity index (χ4v) is 5.20. The average Bonchev–Trinajstić information content (AvgIpc) is 2.64. The molecule has 1 aliphatic heterocycles. The van der Waals surface area contributed by atoms with Gasteiger partial charge in [-0.15, -0.1) is 0 Å². The first-order chi connectivity index (χ1) is 7.95. The highest BCUT2D eigenvalue weighted by Crippen LogP contribution is 2.82. The zero-order valence-corrected chi connectivity index (χ0v) is 10.1. The average molecular weight is 270 g/mol. The molecule has 4 atom stereocenters. The third-order valence-electron chi connectivity index (χ3n) is 4.47. The van der Waals surface area contributed by atoms with Gasteiger partial charge in [-0.25, -0.2) is 4.31 Å². The van der Waals surface area contributed by atoms with E-state index in [1.54, 1.807) is 6.08 Å². The van der Waals surface area contributed by atoms with Crippen LogP contribution in [-0.4, -0.2) is 24.7 Å². The highest BCUT2D eigenvalue weighted by atomic mass is 35.7. The highest BCUT2D eigenvalue weighted by molar-refractivity contribution is 8.12. The number of nitrogens with zero attached hydrogens (tertiary/aromatic N) is 1. The molecule has 4 aliphatic rings. The summed E-state index contributed by atoms with van der Waals surface area (Å²) in [7, 11) is 1.34. The lowest BCUT2D eigenvalue weighted by atomic mass is 9.89. The van der Waals surface area contributed by atoms with Gasteiger partial charge in [0.25, 0.3) is 0 Å². The molecule has 4 rings (SSSR count). The quantitative estimate of drug-likeness (QED) is 0.527. The Balaban J connectivity index is 1.95. The maximum absolute atomic E-state index is 12.2. The van der Waals surface area contributed by atoms with E-state index in [2.05, 4.69) is 0 Å². The summed E-state index contributed by atoms with van der Waals surface area (Å²) < 4.78 is 23.7. The summed E-state index contributed by atoms with van der Waals surface area (Å²) >= 11 is 0. The van der Waals surface area contributed by atoms with Crippen molar-refractivity contribution in [2.24, 2.45) is 16.7 Å². The maximum atomic E-state index is 12.2. The van der Waals surface area contributed by atoms with Crippen LogP contribution in [0.4, 0.5) is 0 Å². The van der Waals surface area contributed by atoms with E-state index in [4.69, 9.17) is 10.7 Å². The number of carbonyl (C=O) groups excluding carboxylic acids is 1. The van der Waals surface area contributed by atoms with Gasteiger partial charge in [-0.3, -0.25) is 4.79 Å². The van der Waals surface area contributed by atoms with Gasteiger partial charge in [-0.2, -0.15) is 8.42 Å². The third kappa shape index (κ3) is 0.770. The first-order valence-corrected chi connectivity index (χ1v) is 7.56. The molecular formula is C11H8ClNO3S. The second-order valence-electron chi connectivity index (χ2n) is 4.90. The lowest BCUT2D eigenvalue weighted by Gasteiger charge is -2.27. The van der Waals surface area contributed by atoms with Gasteiger partial charge in [-0.1, -0.05) is 36.5 Å². The van der Waals surface area contributed by atoms with Crippen LogP contribution in [0.2, 0.25) is 0 Å². The third-order valence-corrected chi connectivity index (χ3v) is 5.80. The highest BCUT2D eigenvalue weighted by Gasteiger charge is 2.87. The molecule has 2 fully saturated rings. The molecule has 0 bridgehead atoms. The Bertz CT molecular complexity index is 650. The lowest BCUT2D eigenvalue weighted by Crippen LogP contribution is -2.41. The largest absolute Gasteiger partial charge is 0.324 e. The fraction of sp³-hybridized carbons (Fsp3) is 0.364. The fourth-order valence-electron chi connectivity index (χ4n) is 3.90. The first-order valence-electron chi connectivity index (χ1n) is 5.29. The van der Waals surface area contributed by atoms with E-state index in [1.807, 2.05) is 30.4 Å². The van der Waals surface area contributed by atoms with E-state index in [1.165, 1.54) is 0 Å². The monoisotopic (exact) mass is 269 g/mol. The number of rotatable bonds is 1. The van der Waals surface area contributed by atoms with Crippen molar-refractivity contribution < 1.29 is 13.2 Å². The van der Waals surface area contributed by atoms with Crippen molar-refractivity contribution in [1.82, 2.24) is 4.31 Å². The molecule has 1 spiro atoms. The molecule has 1 heterocycles. The zero-order valence-electron chi connectivity index (χ0n) is 8.58. The predicted octanol–water partition coefficient (Wildman–Crippen LogP) is 0.979. The molecule has 0 unspecified atom stereocenters. The van der Waals surface area contributed by atoms with E-state index >= 15 is 0 Å². The van der Waals surface area contributed by atoms with Gasteiger partial charge in [0.2, 0.25) is 5.91 Å². The van der Waals surface area contributed by atoms with Gasteiger partial charge >= 0.3 is 9.24 Å². The van der Waals surface area contributed by atoms with E-state index in [0.717, 1.165) is 4.31 Å². The number of amides is 1. The minimum absolute atomic E-state index is 0.290. The van der Waals surface area contributed by atoms with Crippen molar-refractivity contribution in [2.75, 3.05) is 0 Å². The Kier molecular flexibility index (Phi) is 1.38. The van der Waals surface area contributed by atoms with E-state index in [-0.39, 0.29) is 17.2 Å². The summed E-state index contributed by atoms with van der Waals surface area (Å²) in [4.78, 5) is 12.2. The van der Waals surface area contributed by atoms with Crippen molar-refractivity contribution >= 4 is 25.8 Å². The number of carbonyl (C=O) groups is 1. The minimum atomic E-state index is -4.00. The smallest absolute Gasteiger partial charge is 0.273 e. The number of piperidine rings is 1. The molecule has 0 aromatic heterocycles. The van der Waals surface area contributed by atoms with Crippen LogP contribution in [0.5, 0.6) is 0 Å². The van der Waals surface area contributed by atoms with Gasteiger partial charge in [-0.05, 0) is 0 Å². The van der Waals surface area contributed by atoms with Gasteiger partial charge in [0.1, 0.15) is 0 Å². The summed E-state index contributed by atoms with van der Waals surface area (Å²) in [6.45, 7) is 0. The molecule has 0 aromatic rings. The predicted molar refractivity (Wildman–Crippen MR) is 61.2 cm³/mol. The van der Waals surface area contributed by atoms with Gasteiger partial charge in [0, 0.05) is 21.5 Å². The molecule has 4 nitrogen and oxygen atoms in total. The Morgan fingerprint density at radius 3 is 2.65 bits per heavy atom. The normalized spacial score (nSPS) is 48.5. The van der Waals surface area contributed by atoms with E-state index in [9.17, 15) is 13.2 Å². The van der Waals surface area contributed by atoms with Crippen molar-refractivity contribution in [3.8, 4) is 0 Å². The molecule has 0 radical (unpaired) electrons. The number of halogens is 1. The molecule has 6 heteroatoms. The van der Waals surface area contributed by atoms with Crippen LogP contribution >= 0.6 is 10.7 Å². The number of hydrogen-bond donors (Lipinski definition) is 0. The van der Waals surface area contributed by atoms with Crippen molar-refractivity contribution in [3.05, 3.63) is 36.5 Å². The Labute approximate surface area is 103 Å². The summed E-state index contributed by atoms with van der Waals surface area (Å²) in [6, 6.07) is -0.455. The summed E-state index contributed by atoms with van der Waals surface area (Å²) in [6.07, 6.45) is 11.4. The SMILES string of the molecule is O=C1[C@@H]2[C@]34C=CC=C[C@]23[C@@H](C=C4)N1S(=O)(=O)Cl. The second kappa shape index (κ2) is 2.37. The van der Waals surface area contributed by atoms with Crippen molar-refractivity contribution in [1.29, 1.82) is 0 Å². The Morgan fingerprint density at radius 2 is 1.94 bits per heavy atom. The van der Waals surface area contributed by atoms with E-state index < -0.39 is 20.7 Å². The van der Waals surface area contributed by atoms with E-state index in [0.29, 0.717) is 0 Å². The molecule has 0 N–H and O–H groups in total. The van der Waals surface area contributed by atoms with Crippen molar-refractivity contribution in [2.45, 2.75) is 6.04 Å². The van der Waals surface area contributed by atoms with Crippen LogP contribution < -0.4 is 0 Å². The molecule has 0 aromatic carbocycles. The second-order valence-corrected chi connectivity index (χ2v) is 7.28. The van der Waals surface area contributed by atoms with Crippen LogP contribution in [-0.2, 0) is 14.0 Å². The molecular weight excluding hydrogens is 262 g/mol. The summed E-state index contributed by atoms with van der Waals surface area (Å²) in [5.41, 5.74) is -0.692. The molecule has 1 saturated carbocycles. The van der Waals surface area contributed by atoms with Gasteiger partial charge in [0.05, 0.1) is 12.0 Å². The standard InChI is InChI=1S/C11H8ClNO3S/c12-17(15,16)13-7-3-6-10-4-1-2-5-11(7,10)8(10)9(13)14/h1-8H/t7-,8-,10-,11+/m1/s1. The topological polar surface area (TPSA) is 54.5 Å². The number of allylic oxidation sites excluding steroid dienone is 4. The molecule has 17 heavy (non-hydrogen) atoms. The van der Waals surface area contributed by atoms with Crippen molar-refractivity contribution in [3.63, 3.8) is 0 Å².